The van der Waals surface area contributed by atoms with Gasteiger partial charge in [-0.3, -0.25) is 4.79 Å². The van der Waals surface area contributed by atoms with E-state index in [0.717, 1.165) is 11.1 Å². The SMILES string of the molecule is Cc1ccc(C(=O)Nc2cc(C#N)ccc2Cl)cc1C. The molecule has 3 nitrogen and oxygen atoms in total. The number of rotatable bonds is 2. The Kier molecular flexibility index (Phi) is 4.07. The number of carbonyl (C=O) groups excluding carboxylic acids is 1. The fraction of sp³-hybridized carbons (Fsp3) is 0.125. The molecular weight excluding hydrogens is 272 g/mol. The summed E-state index contributed by atoms with van der Waals surface area (Å²) in [4.78, 5) is 12.2. The fourth-order valence-corrected chi connectivity index (χ4v) is 1.93. The van der Waals surface area contributed by atoms with Crippen LogP contribution in [0.2, 0.25) is 5.02 Å². The van der Waals surface area contributed by atoms with Gasteiger partial charge in [0.15, 0.2) is 0 Å². The number of nitriles is 1. The van der Waals surface area contributed by atoms with Gasteiger partial charge >= 0.3 is 0 Å². The number of aryl methyl sites for hydroxylation is 2. The van der Waals surface area contributed by atoms with Crippen LogP contribution >= 0.6 is 11.6 Å². The summed E-state index contributed by atoms with van der Waals surface area (Å²) in [5, 5.41) is 12.0. The fourth-order valence-electron chi connectivity index (χ4n) is 1.77. The number of hydrogen-bond acceptors (Lipinski definition) is 2. The van der Waals surface area contributed by atoms with Gasteiger partial charge in [-0.1, -0.05) is 17.7 Å². The summed E-state index contributed by atoms with van der Waals surface area (Å²) in [6.45, 7) is 3.94. The number of nitrogens with one attached hydrogen (secondary N) is 1. The van der Waals surface area contributed by atoms with Crippen molar-refractivity contribution < 1.29 is 4.79 Å². The molecule has 0 spiro atoms. The van der Waals surface area contributed by atoms with E-state index in [1.165, 1.54) is 0 Å². The van der Waals surface area contributed by atoms with Crippen molar-refractivity contribution in [3.05, 3.63) is 63.7 Å². The predicted molar refractivity (Wildman–Crippen MR) is 80.0 cm³/mol. The minimum absolute atomic E-state index is 0.245. The number of benzene rings is 2. The molecule has 1 N–H and O–H groups in total. The molecule has 0 heterocycles. The molecule has 100 valence electrons. The number of hydrogen-bond donors (Lipinski definition) is 1. The lowest BCUT2D eigenvalue weighted by atomic mass is 10.1. The van der Waals surface area contributed by atoms with E-state index in [0.29, 0.717) is 21.8 Å². The van der Waals surface area contributed by atoms with E-state index in [9.17, 15) is 4.79 Å². The summed E-state index contributed by atoms with van der Waals surface area (Å²) >= 11 is 6.02. The Morgan fingerprint density at radius 3 is 2.55 bits per heavy atom. The average molecular weight is 285 g/mol. The van der Waals surface area contributed by atoms with Crippen LogP contribution in [0.15, 0.2) is 36.4 Å². The van der Waals surface area contributed by atoms with Gasteiger partial charge in [0.25, 0.3) is 5.91 Å². The number of anilines is 1. The smallest absolute Gasteiger partial charge is 0.255 e. The third kappa shape index (κ3) is 2.98. The van der Waals surface area contributed by atoms with Crippen molar-refractivity contribution >= 4 is 23.2 Å². The summed E-state index contributed by atoms with van der Waals surface area (Å²) in [6, 6.07) is 12.3. The zero-order valence-electron chi connectivity index (χ0n) is 11.2. The highest BCUT2D eigenvalue weighted by Gasteiger charge is 2.10. The second-order valence-electron chi connectivity index (χ2n) is 4.56. The lowest BCUT2D eigenvalue weighted by molar-refractivity contribution is 0.102. The Bertz CT molecular complexity index is 717. The topological polar surface area (TPSA) is 52.9 Å². The van der Waals surface area contributed by atoms with E-state index >= 15 is 0 Å². The zero-order chi connectivity index (χ0) is 14.7. The molecule has 0 atom stereocenters. The molecule has 0 aliphatic heterocycles. The largest absolute Gasteiger partial charge is 0.321 e. The van der Waals surface area contributed by atoms with Crippen molar-refractivity contribution in [2.24, 2.45) is 0 Å². The molecule has 0 aromatic heterocycles. The first kappa shape index (κ1) is 14.1. The number of amides is 1. The molecule has 1 amide bonds. The summed E-state index contributed by atoms with van der Waals surface area (Å²) in [6.07, 6.45) is 0. The van der Waals surface area contributed by atoms with Crippen molar-refractivity contribution in [2.45, 2.75) is 13.8 Å². The summed E-state index contributed by atoms with van der Waals surface area (Å²) in [5.41, 5.74) is 3.63. The third-order valence-electron chi connectivity index (χ3n) is 3.11. The predicted octanol–water partition coefficient (Wildman–Crippen LogP) is 4.08. The van der Waals surface area contributed by atoms with Crippen LogP contribution in [0.5, 0.6) is 0 Å². The molecule has 2 aromatic carbocycles. The first-order valence-corrected chi connectivity index (χ1v) is 6.47. The quantitative estimate of drug-likeness (QED) is 0.903. The van der Waals surface area contributed by atoms with Gasteiger partial charge in [0.1, 0.15) is 0 Å². The van der Waals surface area contributed by atoms with Crippen molar-refractivity contribution in [2.75, 3.05) is 5.32 Å². The first-order valence-electron chi connectivity index (χ1n) is 6.09. The van der Waals surface area contributed by atoms with Crippen LogP contribution in [0.4, 0.5) is 5.69 Å². The van der Waals surface area contributed by atoms with Crippen molar-refractivity contribution in [3.8, 4) is 6.07 Å². The lowest BCUT2D eigenvalue weighted by Crippen LogP contribution is -2.12. The van der Waals surface area contributed by atoms with E-state index < -0.39 is 0 Å². The molecule has 0 saturated carbocycles. The Hall–Kier alpha value is -2.31. The van der Waals surface area contributed by atoms with Gasteiger partial charge in [0.2, 0.25) is 0 Å². The van der Waals surface area contributed by atoms with Crippen molar-refractivity contribution in [1.82, 2.24) is 0 Å². The summed E-state index contributed by atoms with van der Waals surface area (Å²) < 4.78 is 0. The van der Waals surface area contributed by atoms with E-state index in [1.807, 2.05) is 32.0 Å². The van der Waals surface area contributed by atoms with Crippen molar-refractivity contribution in [3.63, 3.8) is 0 Å². The van der Waals surface area contributed by atoms with Crippen LogP contribution in [0.1, 0.15) is 27.0 Å². The van der Waals surface area contributed by atoms with Gasteiger partial charge in [-0.2, -0.15) is 5.26 Å². The normalized spacial score (nSPS) is 9.90. The second kappa shape index (κ2) is 5.77. The van der Waals surface area contributed by atoms with E-state index in [1.54, 1.807) is 24.3 Å². The molecule has 0 radical (unpaired) electrons. The summed E-state index contributed by atoms with van der Waals surface area (Å²) in [5.74, 6) is -0.245. The maximum absolute atomic E-state index is 12.2. The highest BCUT2D eigenvalue weighted by molar-refractivity contribution is 6.34. The van der Waals surface area contributed by atoms with Crippen LogP contribution < -0.4 is 5.32 Å². The Balaban J connectivity index is 2.28. The van der Waals surface area contributed by atoms with Crippen LogP contribution in [0.3, 0.4) is 0 Å². The van der Waals surface area contributed by atoms with Crippen molar-refractivity contribution in [1.29, 1.82) is 5.26 Å². The van der Waals surface area contributed by atoms with E-state index in [2.05, 4.69) is 5.32 Å². The second-order valence-corrected chi connectivity index (χ2v) is 4.97. The molecule has 4 heteroatoms. The molecule has 0 unspecified atom stereocenters. The molecule has 0 aliphatic carbocycles. The van der Waals surface area contributed by atoms with E-state index in [-0.39, 0.29) is 5.91 Å². The molecule has 20 heavy (non-hydrogen) atoms. The minimum Gasteiger partial charge on any atom is -0.321 e. The Morgan fingerprint density at radius 2 is 1.90 bits per heavy atom. The average Bonchev–Trinajstić information content (AvgIpc) is 2.44. The maximum atomic E-state index is 12.2. The molecule has 2 aromatic rings. The lowest BCUT2D eigenvalue weighted by Gasteiger charge is -2.09. The monoisotopic (exact) mass is 284 g/mol. The van der Waals surface area contributed by atoms with E-state index in [4.69, 9.17) is 16.9 Å². The number of nitrogens with zero attached hydrogens (tertiary/aromatic N) is 1. The van der Waals surface area contributed by atoms with Crippen LogP contribution in [0, 0.1) is 25.2 Å². The van der Waals surface area contributed by atoms with Gasteiger partial charge < -0.3 is 5.32 Å². The first-order chi connectivity index (χ1) is 9.51. The molecule has 0 aliphatic rings. The van der Waals surface area contributed by atoms with Crippen LogP contribution in [-0.4, -0.2) is 5.91 Å². The Morgan fingerprint density at radius 1 is 1.15 bits per heavy atom. The van der Waals surface area contributed by atoms with Gasteiger partial charge in [0.05, 0.1) is 22.3 Å². The maximum Gasteiger partial charge on any atom is 0.255 e. The van der Waals surface area contributed by atoms with Gasteiger partial charge in [-0.25, -0.2) is 0 Å². The number of carbonyl (C=O) groups is 1. The molecule has 0 saturated heterocycles. The van der Waals surface area contributed by atoms with Crippen LogP contribution in [0.25, 0.3) is 0 Å². The van der Waals surface area contributed by atoms with Gasteiger partial charge in [0, 0.05) is 5.56 Å². The zero-order valence-corrected chi connectivity index (χ0v) is 12.0. The van der Waals surface area contributed by atoms with Gasteiger partial charge in [-0.05, 0) is 55.3 Å². The Labute approximate surface area is 122 Å². The molecule has 0 bridgehead atoms. The molecule has 2 rings (SSSR count). The van der Waals surface area contributed by atoms with Gasteiger partial charge in [-0.15, -0.1) is 0 Å². The minimum atomic E-state index is -0.245. The molecular formula is C16H13ClN2O. The third-order valence-corrected chi connectivity index (χ3v) is 3.44. The highest BCUT2D eigenvalue weighted by atomic mass is 35.5. The number of halogens is 1. The van der Waals surface area contributed by atoms with Crippen LogP contribution in [-0.2, 0) is 0 Å². The highest BCUT2D eigenvalue weighted by Crippen LogP contribution is 2.23. The summed E-state index contributed by atoms with van der Waals surface area (Å²) in [7, 11) is 0. The molecule has 0 fully saturated rings. The standard InChI is InChI=1S/C16H13ClN2O/c1-10-3-5-13(7-11(10)2)16(20)19-15-8-12(9-18)4-6-14(15)17/h3-8H,1-2H3,(H,19,20).